The molecule has 0 saturated heterocycles. The zero-order valence-electron chi connectivity index (χ0n) is 9.23. The van der Waals surface area contributed by atoms with E-state index in [9.17, 15) is 0 Å². The number of allylic oxidation sites excluding steroid dienone is 5. The van der Waals surface area contributed by atoms with Gasteiger partial charge in [0, 0.05) is 5.56 Å². The van der Waals surface area contributed by atoms with E-state index < -0.39 is 0 Å². The van der Waals surface area contributed by atoms with Crippen molar-refractivity contribution in [3.63, 3.8) is 0 Å². The highest BCUT2D eigenvalue weighted by molar-refractivity contribution is 5.70. The smallest absolute Gasteiger partial charge is 0.126 e. The third-order valence-electron chi connectivity index (χ3n) is 2.13. The number of ether oxygens (including phenoxy) is 1. The molecule has 78 valence electrons. The Morgan fingerprint density at radius 1 is 1.27 bits per heavy atom. The van der Waals surface area contributed by atoms with E-state index in [1.807, 2.05) is 42.5 Å². The Kier molecular flexibility index (Phi) is 4.42. The summed E-state index contributed by atoms with van der Waals surface area (Å²) in [5.74, 6) is 0.901. The van der Waals surface area contributed by atoms with Crippen LogP contribution in [0, 0.1) is 0 Å². The van der Waals surface area contributed by atoms with Crippen molar-refractivity contribution in [2.45, 2.75) is 6.92 Å². The van der Waals surface area contributed by atoms with Gasteiger partial charge >= 0.3 is 0 Å². The zero-order chi connectivity index (χ0) is 11.1. The SMILES string of the molecule is C=C/C=C\C=C(/C)c1ccccc1OC. The van der Waals surface area contributed by atoms with Gasteiger partial charge in [0.2, 0.25) is 0 Å². The molecule has 0 aliphatic carbocycles. The largest absolute Gasteiger partial charge is 0.496 e. The third-order valence-corrected chi connectivity index (χ3v) is 2.13. The van der Waals surface area contributed by atoms with Gasteiger partial charge in [-0.3, -0.25) is 0 Å². The third kappa shape index (κ3) is 3.13. The standard InChI is InChI=1S/C14H16O/c1-4-5-6-9-12(2)13-10-7-8-11-14(13)15-3/h4-11H,1H2,2-3H3/b6-5-,12-9+. The van der Waals surface area contributed by atoms with Crippen molar-refractivity contribution >= 4 is 5.57 Å². The number of para-hydroxylation sites is 1. The van der Waals surface area contributed by atoms with E-state index in [0.717, 1.165) is 11.3 Å². The Balaban J connectivity index is 2.99. The topological polar surface area (TPSA) is 9.23 Å². The summed E-state index contributed by atoms with van der Waals surface area (Å²) >= 11 is 0. The maximum atomic E-state index is 5.29. The van der Waals surface area contributed by atoms with Gasteiger partial charge in [-0.25, -0.2) is 0 Å². The van der Waals surface area contributed by atoms with Gasteiger partial charge in [-0.1, -0.05) is 49.1 Å². The maximum Gasteiger partial charge on any atom is 0.126 e. The Labute approximate surface area is 91.4 Å². The van der Waals surface area contributed by atoms with Crippen LogP contribution in [0.3, 0.4) is 0 Å². The molecule has 0 saturated carbocycles. The summed E-state index contributed by atoms with van der Waals surface area (Å²) in [6.45, 7) is 5.68. The fourth-order valence-corrected chi connectivity index (χ4v) is 1.34. The van der Waals surface area contributed by atoms with Crippen LogP contribution in [0.25, 0.3) is 5.57 Å². The molecule has 0 aromatic heterocycles. The summed E-state index contributed by atoms with van der Waals surface area (Å²) in [6, 6.07) is 7.98. The first-order valence-electron chi connectivity index (χ1n) is 4.89. The lowest BCUT2D eigenvalue weighted by Crippen LogP contribution is -1.88. The van der Waals surface area contributed by atoms with Gasteiger partial charge in [-0.05, 0) is 18.6 Å². The normalized spacial score (nSPS) is 11.7. The van der Waals surface area contributed by atoms with Crippen LogP contribution in [-0.2, 0) is 0 Å². The fourth-order valence-electron chi connectivity index (χ4n) is 1.34. The first-order valence-corrected chi connectivity index (χ1v) is 4.89. The highest BCUT2D eigenvalue weighted by atomic mass is 16.5. The van der Waals surface area contributed by atoms with Crippen molar-refractivity contribution in [1.82, 2.24) is 0 Å². The van der Waals surface area contributed by atoms with Gasteiger partial charge in [0.05, 0.1) is 7.11 Å². The van der Waals surface area contributed by atoms with Gasteiger partial charge in [0.25, 0.3) is 0 Å². The molecule has 0 amide bonds. The van der Waals surface area contributed by atoms with Crippen LogP contribution in [-0.4, -0.2) is 7.11 Å². The molecule has 15 heavy (non-hydrogen) atoms. The molecular formula is C14H16O. The highest BCUT2D eigenvalue weighted by Crippen LogP contribution is 2.24. The van der Waals surface area contributed by atoms with Crippen LogP contribution in [0.5, 0.6) is 5.75 Å². The zero-order valence-corrected chi connectivity index (χ0v) is 9.23. The minimum Gasteiger partial charge on any atom is -0.496 e. The molecule has 0 unspecified atom stereocenters. The van der Waals surface area contributed by atoms with Crippen LogP contribution in [0.15, 0.2) is 55.1 Å². The van der Waals surface area contributed by atoms with Crippen molar-refractivity contribution in [1.29, 1.82) is 0 Å². The predicted octanol–water partition coefficient (Wildman–Crippen LogP) is 3.84. The number of benzene rings is 1. The molecule has 0 fully saturated rings. The quantitative estimate of drug-likeness (QED) is 0.671. The van der Waals surface area contributed by atoms with E-state index in [-0.39, 0.29) is 0 Å². The van der Waals surface area contributed by atoms with Gasteiger partial charge in [0.1, 0.15) is 5.75 Å². The summed E-state index contributed by atoms with van der Waals surface area (Å²) in [5.41, 5.74) is 2.29. The lowest BCUT2D eigenvalue weighted by atomic mass is 10.1. The Morgan fingerprint density at radius 3 is 2.67 bits per heavy atom. The first kappa shape index (κ1) is 11.3. The number of rotatable bonds is 4. The second-order valence-electron chi connectivity index (χ2n) is 3.17. The van der Waals surface area contributed by atoms with E-state index in [0.29, 0.717) is 0 Å². The number of methoxy groups -OCH3 is 1. The molecule has 0 aliphatic heterocycles. The van der Waals surface area contributed by atoms with Gasteiger partial charge < -0.3 is 4.74 Å². The van der Waals surface area contributed by atoms with E-state index >= 15 is 0 Å². The van der Waals surface area contributed by atoms with Crippen molar-refractivity contribution in [2.24, 2.45) is 0 Å². The molecule has 0 radical (unpaired) electrons. The van der Waals surface area contributed by atoms with Gasteiger partial charge in [0.15, 0.2) is 0 Å². The molecule has 0 heterocycles. The molecule has 1 rings (SSSR count). The molecule has 1 heteroatoms. The minimum atomic E-state index is 0.901. The molecule has 1 aromatic carbocycles. The summed E-state index contributed by atoms with van der Waals surface area (Å²) in [6.07, 6.45) is 7.67. The number of hydrogen-bond donors (Lipinski definition) is 0. The fraction of sp³-hybridized carbons (Fsp3) is 0.143. The first-order chi connectivity index (χ1) is 7.29. The molecule has 0 N–H and O–H groups in total. The summed E-state index contributed by atoms with van der Waals surface area (Å²) < 4.78 is 5.29. The average molecular weight is 200 g/mol. The van der Waals surface area contributed by atoms with Crippen LogP contribution in [0.4, 0.5) is 0 Å². The van der Waals surface area contributed by atoms with Crippen LogP contribution < -0.4 is 4.74 Å². The Hall–Kier alpha value is -1.76. The highest BCUT2D eigenvalue weighted by Gasteiger charge is 2.01. The van der Waals surface area contributed by atoms with Crippen molar-refractivity contribution in [2.75, 3.05) is 7.11 Å². The maximum absolute atomic E-state index is 5.29. The van der Waals surface area contributed by atoms with E-state index in [2.05, 4.69) is 13.5 Å². The average Bonchev–Trinajstić information content (AvgIpc) is 2.29. The molecule has 0 atom stereocenters. The molecule has 0 bridgehead atoms. The van der Waals surface area contributed by atoms with Crippen LogP contribution in [0.2, 0.25) is 0 Å². The molecule has 1 nitrogen and oxygen atoms in total. The van der Waals surface area contributed by atoms with Crippen LogP contribution >= 0.6 is 0 Å². The van der Waals surface area contributed by atoms with Crippen molar-refractivity contribution in [3.05, 3.63) is 60.7 Å². The molecule has 1 aromatic rings. The monoisotopic (exact) mass is 200 g/mol. The van der Waals surface area contributed by atoms with Gasteiger partial charge in [-0.2, -0.15) is 0 Å². The Bertz CT molecular complexity index is 386. The molecule has 0 spiro atoms. The van der Waals surface area contributed by atoms with Gasteiger partial charge in [-0.15, -0.1) is 0 Å². The van der Waals surface area contributed by atoms with Crippen LogP contribution in [0.1, 0.15) is 12.5 Å². The number of hydrogen-bond acceptors (Lipinski definition) is 1. The molecular weight excluding hydrogens is 184 g/mol. The lowest BCUT2D eigenvalue weighted by Gasteiger charge is -2.07. The van der Waals surface area contributed by atoms with E-state index in [1.54, 1.807) is 13.2 Å². The lowest BCUT2D eigenvalue weighted by molar-refractivity contribution is 0.413. The van der Waals surface area contributed by atoms with E-state index in [1.165, 1.54) is 5.57 Å². The van der Waals surface area contributed by atoms with Crippen molar-refractivity contribution < 1.29 is 4.74 Å². The summed E-state index contributed by atoms with van der Waals surface area (Å²) in [5, 5.41) is 0. The summed E-state index contributed by atoms with van der Waals surface area (Å²) in [7, 11) is 1.69. The Morgan fingerprint density at radius 2 is 2.00 bits per heavy atom. The molecule has 0 aliphatic rings. The summed E-state index contributed by atoms with van der Waals surface area (Å²) in [4.78, 5) is 0. The minimum absolute atomic E-state index is 0.901. The van der Waals surface area contributed by atoms with E-state index in [4.69, 9.17) is 4.74 Å². The second kappa shape index (κ2) is 5.86. The second-order valence-corrected chi connectivity index (χ2v) is 3.17. The van der Waals surface area contributed by atoms with Crippen molar-refractivity contribution in [3.8, 4) is 5.75 Å². The predicted molar refractivity (Wildman–Crippen MR) is 66.0 cm³/mol.